The number of hydrogen-bond donors (Lipinski definition) is 0. The largest absolute Gasteiger partial charge is 0.305 e. The van der Waals surface area contributed by atoms with Crippen LogP contribution in [0.5, 0.6) is 0 Å². The smallest absolute Gasteiger partial charge is 0.143 e. The van der Waals surface area contributed by atoms with E-state index in [1.807, 2.05) is 0 Å². The third-order valence-corrected chi connectivity index (χ3v) is 2.83. The van der Waals surface area contributed by atoms with Crippen molar-refractivity contribution in [2.24, 2.45) is 5.92 Å². The summed E-state index contributed by atoms with van der Waals surface area (Å²) < 4.78 is 13.4. The number of nitrogens with zero attached hydrogens (tertiary/aromatic N) is 2. The van der Waals surface area contributed by atoms with Gasteiger partial charge < -0.3 is 4.90 Å². The Morgan fingerprint density at radius 1 is 1.62 bits per heavy atom. The Morgan fingerprint density at radius 2 is 2.44 bits per heavy atom. The van der Waals surface area contributed by atoms with Crippen LogP contribution in [0.1, 0.15) is 12.0 Å². The summed E-state index contributed by atoms with van der Waals surface area (Å²) in [6.45, 7) is 2.01. The van der Waals surface area contributed by atoms with Crippen LogP contribution < -0.4 is 0 Å². The van der Waals surface area contributed by atoms with Gasteiger partial charge in [-0.1, -0.05) is 23.4 Å². The quantitative estimate of drug-likeness (QED) is 0.509. The lowest BCUT2D eigenvalue weighted by Crippen LogP contribution is -2.13. The van der Waals surface area contributed by atoms with Crippen LogP contribution in [0.25, 0.3) is 0 Å². The maximum absolute atomic E-state index is 13.4. The first-order valence-corrected chi connectivity index (χ1v) is 5.54. The third-order valence-electron chi connectivity index (χ3n) is 2.62. The Morgan fingerprint density at radius 3 is 3.06 bits per heavy atom. The number of rotatable bonds is 0. The summed E-state index contributed by atoms with van der Waals surface area (Å²) in [4.78, 5) is 6.03. The summed E-state index contributed by atoms with van der Waals surface area (Å²) in [5.41, 5.74) is 0.318. The zero-order chi connectivity index (χ0) is 11.5. The van der Waals surface area contributed by atoms with Gasteiger partial charge >= 0.3 is 0 Å². The van der Waals surface area contributed by atoms with Crippen molar-refractivity contribution in [2.45, 2.75) is 6.42 Å². The lowest BCUT2D eigenvalue weighted by atomic mass is 10.1. The molecule has 1 unspecified atom stereocenters. The molecule has 84 valence electrons. The summed E-state index contributed by atoms with van der Waals surface area (Å²) >= 11 is 5.56. The van der Waals surface area contributed by atoms with Gasteiger partial charge in [-0.15, -0.1) is 0 Å². The van der Waals surface area contributed by atoms with E-state index in [1.165, 1.54) is 12.3 Å². The number of hydrogen-bond acceptors (Lipinski definition) is 2. The second kappa shape index (κ2) is 4.82. The zero-order valence-electron chi connectivity index (χ0n) is 9.00. The molecule has 0 aliphatic carbocycles. The van der Waals surface area contributed by atoms with Crippen molar-refractivity contribution in [3.05, 3.63) is 28.8 Å². The summed E-state index contributed by atoms with van der Waals surface area (Å²) in [6.07, 6.45) is 2.43. The molecule has 1 aromatic rings. The highest BCUT2D eigenvalue weighted by atomic mass is 35.5. The number of halogens is 2. The van der Waals surface area contributed by atoms with Crippen LogP contribution in [0.15, 0.2) is 12.3 Å². The predicted molar refractivity (Wildman–Crippen MR) is 61.7 cm³/mol. The van der Waals surface area contributed by atoms with Gasteiger partial charge in [-0.2, -0.15) is 0 Å². The molecule has 4 heteroatoms. The van der Waals surface area contributed by atoms with E-state index in [9.17, 15) is 4.39 Å². The Kier molecular flexibility index (Phi) is 3.42. The highest BCUT2D eigenvalue weighted by Crippen LogP contribution is 2.14. The minimum atomic E-state index is -0.404. The van der Waals surface area contributed by atoms with Crippen LogP contribution in [0, 0.1) is 23.6 Å². The Hall–Kier alpha value is -1.11. The normalized spacial score (nSPS) is 20.6. The van der Waals surface area contributed by atoms with E-state index in [0.717, 1.165) is 19.5 Å². The lowest BCUT2D eigenvalue weighted by Gasteiger charge is -2.03. The highest BCUT2D eigenvalue weighted by Gasteiger charge is 2.16. The maximum Gasteiger partial charge on any atom is 0.143 e. The molecule has 16 heavy (non-hydrogen) atoms. The first-order chi connectivity index (χ1) is 7.65. The van der Waals surface area contributed by atoms with Crippen LogP contribution in [0.2, 0.25) is 5.15 Å². The fraction of sp³-hybridized carbons (Fsp3) is 0.417. The number of aromatic nitrogens is 1. The minimum Gasteiger partial charge on any atom is -0.305 e. The summed E-state index contributed by atoms with van der Waals surface area (Å²) in [6, 6.07) is 1.19. The molecule has 1 aliphatic rings. The molecule has 2 nitrogen and oxygen atoms in total. The van der Waals surface area contributed by atoms with Gasteiger partial charge in [0.1, 0.15) is 11.0 Å². The van der Waals surface area contributed by atoms with Gasteiger partial charge in [0.25, 0.3) is 0 Å². The summed E-state index contributed by atoms with van der Waals surface area (Å²) in [7, 11) is 2.06. The Balaban J connectivity index is 2.12. The van der Waals surface area contributed by atoms with Crippen LogP contribution in [0.4, 0.5) is 4.39 Å². The van der Waals surface area contributed by atoms with Crippen molar-refractivity contribution in [2.75, 3.05) is 20.1 Å². The number of pyridine rings is 1. The van der Waals surface area contributed by atoms with E-state index < -0.39 is 5.82 Å². The van der Waals surface area contributed by atoms with Gasteiger partial charge in [-0.3, -0.25) is 0 Å². The van der Waals surface area contributed by atoms with Crippen LogP contribution >= 0.6 is 11.6 Å². The molecule has 1 aromatic heterocycles. The first kappa shape index (κ1) is 11.4. The molecular formula is C12H12ClFN2. The number of likely N-dealkylation sites (tertiary alicyclic amines) is 1. The van der Waals surface area contributed by atoms with E-state index in [-0.39, 0.29) is 5.15 Å². The molecule has 0 amide bonds. The fourth-order valence-electron chi connectivity index (χ4n) is 1.73. The van der Waals surface area contributed by atoms with Crippen molar-refractivity contribution in [1.82, 2.24) is 9.88 Å². The maximum atomic E-state index is 13.4. The van der Waals surface area contributed by atoms with Gasteiger partial charge in [-0.05, 0) is 20.0 Å². The standard InChI is InChI=1S/C12H12ClFN2/c1-16-5-4-9(8-16)2-3-10-7-15-12(13)6-11(10)14/h6-7,9H,4-5,8H2,1H3. The molecule has 1 fully saturated rings. The predicted octanol–water partition coefficient (Wildman–Crippen LogP) is 2.18. The molecule has 0 radical (unpaired) electrons. The van der Waals surface area contributed by atoms with Gasteiger partial charge in [-0.25, -0.2) is 9.37 Å². The van der Waals surface area contributed by atoms with Gasteiger partial charge in [0, 0.05) is 24.7 Å². The van der Waals surface area contributed by atoms with Gasteiger partial charge in [0.15, 0.2) is 0 Å². The average Bonchev–Trinajstić information content (AvgIpc) is 2.63. The van der Waals surface area contributed by atoms with E-state index in [1.54, 1.807) is 0 Å². The van der Waals surface area contributed by atoms with Crippen molar-refractivity contribution < 1.29 is 4.39 Å². The van der Waals surface area contributed by atoms with Crippen molar-refractivity contribution >= 4 is 11.6 Å². The summed E-state index contributed by atoms with van der Waals surface area (Å²) in [5, 5.41) is 0.156. The van der Waals surface area contributed by atoms with Crippen molar-refractivity contribution in [3.8, 4) is 11.8 Å². The van der Waals surface area contributed by atoms with E-state index >= 15 is 0 Å². The van der Waals surface area contributed by atoms with Crippen LogP contribution in [-0.4, -0.2) is 30.0 Å². The first-order valence-electron chi connectivity index (χ1n) is 5.16. The topological polar surface area (TPSA) is 16.1 Å². The minimum absolute atomic E-state index is 0.156. The third kappa shape index (κ3) is 2.72. The van der Waals surface area contributed by atoms with Crippen LogP contribution in [0.3, 0.4) is 0 Å². The molecule has 0 saturated carbocycles. The highest BCUT2D eigenvalue weighted by molar-refractivity contribution is 6.29. The molecule has 0 aromatic carbocycles. The van der Waals surface area contributed by atoms with E-state index in [0.29, 0.717) is 11.5 Å². The fourth-order valence-corrected chi connectivity index (χ4v) is 1.88. The zero-order valence-corrected chi connectivity index (χ0v) is 9.76. The van der Waals surface area contributed by atoms with E-state index in [4.69, 9.17) is 11.6 Å². The second-order valence-corrected chi connectivity index (χ2v) is 4.39. The molecule has 1 aliphatic heterocycles. The molecular weight excluding hydrogens is 227 g/mol. The average molecular weight is 239 g/mol. The van der Waals surface area contributed by atoms with Gasteiger partial charge in [0.05, 0.1) is 5.56 Å². The molecule has 1 atom stereocenters. The molecule has 0 N–H and O–H groups in total. The van der Waals surface area contributed by atoms with Gasteiger partial charge in [0.2, 0.25) is 0 Å². The van der Waals surface area contributed by atoms with Crippen molar-refractivity contribution in [1.29, 1.82) is 0 Å². The Labute approximate surface area is 99.4 Å². The molecule has 1 saturated heterocycles. The molecule has 2 heterocycles. The lowest BCUT2D eigenvalue weighted by molar-refractivity contribution is 0.409. The molecule has 2 rings (SSSR count). The second-order valence-electron chi connectivity index (χ2n) is 4.00. The Bertz CT molecular complexity index is 450. The van der Waals surface area contributed by atoms with Crippen molar-refractivity contribution in [3.63, 3.8) is 0 Å². The monoisotopic (exact) mass is 238 g/mol. The summed E-state index contributed by atoms with van der Waals surface area (Å²) in [5.74, 6) is 5.83. The van der Waals surface area contributed by atoms with E-state index in [2.05, 4.69) is 28.8 Å². The molecule has 0 spiro atoms. The van der Waals surface area contributed by atoms with Crippen LogP contribution in [-0.2, 0) is 0 Å². The SMILES string of the molecule is CN1CCC(C#Cc2cnc(Cl)cc2F)C1. The molecule has 0 bridgehead atoms.